The van der Waals surface area contributed by atoms with Gasteiger partial charge in [-0.2, -0.15) is 0 Å². The second-order valence-corrected chi connectivity index (χ2v) is 10.3. The van der Waals surface area contributed by atoms with Crippen molar-refractivity contribution in [2.24, 2.45) is 0 Å². The van der Waals surface area contributed by atoms with Crippen LogP contribution in [0.4, 0.5) is 11.4 Å². The van der Waals surface area contributed by atoms with Crippen molar-refractivity contribution in [1.82, 2.24) is 0 Å². The minimum Gasteiger partial charge on any atom is -0.385 e. The Bertz CT molecular complexity index is 1720. The van der Waals surface area contributed by atoms with Crippen LogP contribution >= 0.6 is 0 Å². The van der Waals surface area contributed by atoms with Gasteiger partial charge in [0, 0.05) is 53.3 Å². The van der Waals surface area contributed by atoms with Crippen molar-refractivity contribution in [3.8, 4) is 11.1 Å². The molecule has 0 atom stereocenters. The van der Waals surface area contributed by atoms with Gasteiger partial charge in [0.2, 0.25) is 0 Å². The van der Waals surface area contributed by atoms with Crippen LogP contribution in [-0.4, -0.2) is 37.0 Å². The van der Waals surface area contributed by atoms with E-state index in [1.54, 1.807) is 24.3 Å². The molecule has 0 bridgehead atoms. The minimum absolute atomic E-state index is 0.0851. The molecule has 1 aliphatic heterocycles. The number of hydrogen-bond donors (Lipinski definition) is 1. The Hall–Kier alpha value is -4.55. The van der Waals surface area contributed by atoms with Crippen LogP contribution in [0.2, 0.25) is 0 Å². The third kappa shape index (κ3) is 4.26. The van der Waals surface area contributed by atoms with Gasteiger partial charge < -0.3 is 15.0 Å². The van der Waals surface area contributed by atoms with Crippen LogP contribution < -0.4 is 10.2 Å². The number of nitrogens with one attached hydrogen (secondary N) is 1. The van der Waals surface area contributed by atoms with Crippen molar-refractivity contribution in [3.05, 3.63) is 117 Å². The van der Waals surface area contributed by atoms with E-state index >= 15 is 0 Å². The molecule has 0 saturated heterocycles. The van der Waals surface area contributed by atoms with Crippen LogP contribution in [0.5, 0.6) is 0 Å². The van der Waals surface area contributed by atoms with E-state index in [0.29, 0.717) is 70.7 Å². The molecule has 206 valence electrons. The Morgan fingerprint density at radius 2 is 1.24 bits per heavy atom. The van der Waals surface area contributed by atoms with Crippen molar-refractivity contribution in [3.63, 3.8) is 0 Å². The largest absolute Gasteiger partial charge is 0.385 e. The molecule has 4 aromatic rings. The maximum atomic E-state index is 14.2. The summed E-state index contributed by atoms with van der Waals surface area (Å²) in [5, 5.41) is 3.35. The van der Waals surface area contributed by atoms with E-state index in [2.05, 4.69) is 10.2 Å². The second-order valence-electron chi connectivity index (χ2n) is 10.3. The number of ketones is 3. The molecule has 2 aliphatic rings. The first-order valence-corrected chi connectivity index (χ1v) is 14.2. The number of nitrogens with zero attached hydrogens (tertiary/aromatic N) is 1. The Balaban J connectivity index is 1.65. The summed E-state index contributed by atoms with van der Waals surface area (Å²) in [5.41, 5.74) is 7.12. The van der Waals surface area contributed by atoms with Crippen LogP contribution in [0.1, 0.15) is 79.7 Å². The summed E-state index contributed by atoms with van der Waals surface area (Å²) in [6, 6.07) is 22.2. The van der Waals surface area contributed by atoms with E-state index in [9.17, 15) is 14.4 Å². The van der Waals surface area contributed by atoms with Crippen molar-refractivity contribution in [2.75, 3.05) is 29.9 Å². The first-order chi connectivity index (χ1) is 20.0. The minimum atomic E-state index is -0.188. The number of hydrogen-bond acceptors (Lipinski definition) is 6. The predicted octanol–water partition coefficient (Wildman–Crippen LogP) is 6.67. The Labute approximate surface area is 240 Å². The first kappa shape index (κ1) is 26.7. The zero-order valence-electron chi connectivity index (χ0n) is 23.5. The highest BCUT2D eigenvalue weighted by molar-refractivity contribution is 6.32. The topological polar surface area (TPSA) is 75.7 Å². The zero-order chi connectivity index (χ0) is 28.7. The summed E-state index contributed by atoms with van der Waals surface area (Å²) in [6.07, 6.45) is 0. The molecule has 0 saturated carbocycles. The third-order valence-corrected chi connectivity index (χ3v) is 8.12. The zero-order valence-corrected chi connectivity index (χ0v) is 23.5. The molecule has 6 rings (SSSR count). The number of carbonyl (C=O) groups is 3. The number of anilines is 2. The van der Waals surface area contributed by atoms with Crippen LogP contribution in [-0.2, 0) is 18.0 Å². The average molecular weight is 545 g/mol. The van der Waals surface area contributed by atoms with Gasteiger partial charge in [0.05, 0.1) is 24.3 Å². The summed E-state index contributed by atoms with van der Waals surface area (Å²) >= 11 is 0. The van der Waals surface area contributed by atoms with E-state index in [4.69, 9.17) is 4.74 Å². The summed E-state index contributed by atoms with van der Waals surface area (Å²) in [6.45, 7) is 8.58. The fourth-order valence-corrected chi connectivity index (χ4v) is 6.17. The average Bonchev–Trinajstić information content (AvgIpc) is 3.00. The maximum absolute atomic E-state index is 14.2. The van der Waals surface area contributed by atoms with Gasteiger partial charge in [-0.3, -0.25) is 14.4 Å². The summed E-state index contributed by atoms with van der Waals surface area (Å²) in [4.78, 5) is 44.5. The third-order valence-electron chi connectivity index (χ3n) is 8.12. The lowest BCUT2D eigenvalue weighted by Crippen LogP contribution is -2.29. The lowest BCUT2D eigenvalue weighted by atomic mass is 9.78. The van der Waals surface area contributed by atoms with Gasteiger partial charge in [-0.15, -0.1) is 0 Å². The van der Waals surface area contributed by atoms with Crippen LogP contribution in [0.3, 0.4) is 0 Å². The van der Waals surface area contributed by atoms with Crippen molar-refractivity contribution < 1.29 is 19.1 Å². The molecule has 0 fully saturated rings. The molecule has 1 aliphatic carbocycles. The lowest BCUT2D eigenvalue weighted by molar-refractivity contribution is 0.0937. The second kappa shape index (κ2) is 10.8. The normalized spacial score (nSPS) is 13.9. The smallest absolute Gasteiger partial charge is 0.196 e. The van der Waals surface area contributed by atoms with Gasteiger partial charge in [-0.05, 0) is 55.2 Å². The van der Waals surface area contributed by atoms with E-state index in [-0.39, 0.29) is 24.0 Å². The highest BCUT2D eigenvalue weighted by atomic mass is 16.5. The summed E-state index contributed by atoms with van der Waals surface area (Å²) < 4.78 is 6.18. The van der Waals surface area contributed by atoms with Gasteiger partial charge in [-0.25, -0.2) is 0 Å². The van der Waals surface area contributed by atoms with Crippen LogP contribution in [0.15, 0.2) is 72.8 Å². The van der Waals surface area contributed by atoms with Gasteiger partial charge >= 0.3 is 0 Å². The Morgan fingerprint density at radius 3 is 1.93 bits per heavy atom. The molecule has 1 heterocycles. The van der Waals surface area contributed by atoms with E-state index in [1.807, 2.05) is 69.3 Å². The first-order valence-electron chi connectivity index (χ1n) is 14.2. The number of rotatable bonds is 6. The standard InChI is InChI=1S/C35H32N2O4/c1-4-36-28-17-15-23(27-20-41-19-21-11-7-8-12-22(21)33(38)30(27)28)24-16-18-29(37(5-2)6-3)32-31(24)34(39)25-13-9-10-14-26(25)35(32)40/h7-18,36H,4-6,19-20H2,1-3H3. The van der Waals surface area contributed by atoms with Crippen molar-refractivity contribution in [2.45, 2.75) is 34.0 Å². The molecule has 41 heavy (non-hydrogen) atoms. The molecular formula is C35H32N2O4. The molecule has 0 aromatic heterocycles. The van der Waals surface area contributed by atoms with E-state index in [0.717, 1.165) is 22.5 Å². The Morgan fingerprint density at radius 1 is 0.634 bits per heavy atom. The molecule has 6 nitrogen and oxygen atoms in total. The fourth-order valence-electron chi connectivity index (χ4n) is 6.17. The molecule has 6 heteroatoms. The summed E-state index contributed by atoms with van der Waals surface area (Å²) in [5.74, 6) is -0.433. The number of benzene rings is 4. The number of ether oxygens (including phenoxy) is 1. The van der Waals surface area contributed by atoms with E-state index in [1.165, 1.54) is 0 Å². The Kier molecular flexibility index (Phi) is 7.01. The fraction of sp³-hybridized carbons (Fsp3) is 0.229. The van der Waals surface area contributed by atoms with Crippen LogP contribution in [0.25, 0.3) is 11.1 Å². The monoisotopic (exact) mass is 544 g/mol. The molecule has 0 radical (unpaired) electrons. The van der Waals surface area contributed by atoms with Gasteiger partial charge in [-0.1, -0.05) is 60.7 Å². The highest BCUT2D eigenvalue weighted by Gasteiger charge is 2.36. The van der Waals surface area contributed by atoms with E-state index < -0.39 is 0 Å². The summed E-state index contributed by atoms with van der Waals surface area (Å²) in [7, 11) is 0. The van der Waals surface area contributed by atoms with Gasteiger partial charge in [0.25, 0.3) is 0 Å². The van der Waals surface area contributed by atoms with Gasteiger partial charge in [0.1, 0.15) is 0 Å². The van der Waals surface area contributed by atoms with Gasteiger partial charge in [0.15, 0.2) is 17.3 Å². The highest BCUT2D eigenvalue weighted by Crippen LogP contribution is 2.43. The SMILES string of the molecule is CCNc1ccc(-c2ccc(N(CC)CC)c3c2C(=O)c2ccccc2C3=O)c2c1C(=O)c1ccccc1COC2. The van der Waals surface area contributed by atoms with Crippen molar-refractivity contribution in [1.29, 1.82) is 0 Å². The molecule has 4 aromatic carbocycles. The molecular weight excluding hydrogens is 512 g/mol. The van der Waals surface area contributed by atoms with Crippen molar-refractivity contribution >= 4 is 28.7 Å². The quantitative estimate of drug-likeness (QED) is 0.257. The number of carbonyl (C=O) groups excluding carboxylic acids is 3. The predicted molar refractivity (Wildman–Crippen MR) is 161 cm³/mol. The molecule has 0 unspecified atom stereocenters. The van der Waals surface area contributed by atoms with Crippen LogP contribution in [0, 0.1) is 0 Å². The maximum Gasteiger partial charge on any atom is 0.196 e. The molecule has 0 amide bonds. The number of fused-ring (bicyclic) bond motifs is 4. The molecule has 0 spiro atoms. The molecule has 1 N–H and O–H groups in total. The lowest BCUT2D eigenvalue weighted by Gasteiger charge is -2.30.